The Morgan fingerprint density at radius 1 is 1.20 bits per heavy atom. The summed E-state index contributed by atoms with van der Waals surface area (Å²) in [6.45, 7) is 5.92. The number of piperazine rings is 1. The number of rotatable bonds is 5. The van der Waals surface area contributed by atoms with E-state index in [4.69, 9.17) is 5.73 Å². The topological polar surface area (TPSA) is 58.4 Å². The number of carbonyl (C=O) groups is 1. The molecule has 25 heavy (non-hydrogen) atoms. The van der Waals surface area contributed by atoms with Crippen molar-refractivity contribution in [2.45, 2.75) is 25.9 Å². The highest BCUT2D eigenvalue weighted by molar-refractivity contribution is 5.92. The molecule has 1 heterocycles. The van der Waals surface area contributed by atoms with E-state index in [1.54, 1.807) is 6.07 Å². The van der Waals surface area contributed by atoms with Crippen molar-refractivity contribution in [1.29, 1.82) is 0 Å². The number of carbonyl (C=O) groups excluding carboxylic acids is 1. The Balaban J connectivity index is 0.00000225. The summed E-state index contributed by atoms with van der Waals surface area (Å²) in [6, 6.07) is 16.9. The van der Waals surface area contributed by atoms with Crippen LogP contribution in [0.5, 0.6) is 0 Å². The Bertz CT molecular complexity index is 702. The standard InChI is InChI=1S/C20H25N3O.ClH/c1-2-15-6-8-17(9-7-15)19-13-22-10-11-23(19)14-16-4-3-5-18(12-16)20(21)24;/h3-9,12,19,22H,2,10-11,13-14H2,1H3,(H2,21,24);1H. The van der Waals surface area contributed by atoms with E-state index >= 15 is 0 Å². The van der Waals surface area contributed by atoms with Gasteiger partial charge in [0, 0.05) is 37.8 Å². The number of nitrogens with zero attached hydrogens (tertiary/aromatic N) is 1. The molecule has 1 atom stereocenters. The third kappa shape index (κ3) is 4.82. The van der Waals surface area contributed by atoms with Gasteiger partial charge < -0.3 is 11.1 Å². The minimum atomic E-state index is -0.371. The van der Waals surface area contributed by atoms with E-state index in [1.807, 2.05) is 12.1 Å². The van der Waals surface area contributed by atoms with E-state index < -0.39 is 0 Å². The average Bonchev–Trinajstić information content (AvgIpc) is 2.62. The largest absolute Gasteiger partial charge is 0.366 e. The van der Waals surface area contributed by atoms with Crippen molar-refractivity contribution in [3.8, 4) is 0 Å². The van der Waals surface area contributed by atoms with Gasteiger partial charge in [-0.25, -0.2) is 0 Å². The summed E-state index contributed by atoms with van der Waals surface area (Å²) in [5.41, 5.74) is 9.80. The summed E-state index contributed by atoms with van der Waals surface area (Å²) >= 11 is 0. The number of aryl methyl sites for hydroxylation is 1. The zero-order valence-electron chi connectivity index (χ0n) is 14.6. The number of hydrogen-bond donors (Lipinski definition) is 2. The van der Waals surface area contributed by atoms with Crippen molar-refractivity contribution >= 4 is 18.3 Å². The summed E-state index contributed by atoms with van der Waals surface area (Å²) in [5, 5.41) is 3.49. The van der Waals surface area contributed by atoms with Crippen molar-refractivity contribution in [2.75, 3.05) is 19.6 Å². The van der Waals surface area contributed by atoms with E-state index in [-0.39, 0.29) is 18.3 Å². The van der Waals surface area contributed by atoms with E-state index in [9.17, 15) is 4.79 Å². The first-order valence-electron chi connectivity index (χ1n) is 8.59. The van der Waals surface area contributed by atoms with Gasteiger partial charge in [-0.2, -0.15) is 0 Å². The van der Waals surface area contributed by atoms with Crippen molar-refractivity contribution in [3.05, 3.63) is 70.8 Å². The number of amides is 1. The Kier molecular flexibility index (Phi) is 7.00. The second-order valence-electron chi connectivity index (χ2n) is 6.35. The number of nitrogens with one attached hydrogen (secondary N) is 1. The monoisotopic (exact) mass is 359 g/mol. The van der Waals surface area contributed by atoms with Crippen LogP contribution in [0.4, 0.5) is 0 Å². The molecule has 1 aliphatic rings. The maximum atomic E-state index is 11.4. The molecule has 0 bridgehead atoms. The van der Waals surface area contributed by atoms with Crippen LogP contribution in [0.15, 0.2) is 48.5 Å². The molecule has 1 unspecified atom stereocenters. The van der Waals surface area contributed by atoms with Gasteiger partial charge in [0.2, 0.25) is 5.91 Å². The molecule has 0 radical (unpaired) electrons. The predicted octanol–water partition coefficient (Wildman–Crippen LogP) is 2.92. The van der Waals surface area contributed by atoms with Crippen LogP contribution in [-0.2, 0) is 13.0 Å². The summed E-state index contributed by atoms with van der Waals surface area (Å²) < 4.78 is 0. The molecular weight excluding hydrogens is 334 g/mol. The van der Waals surface area contributed by atoms with Crippen molar-refractivity contribution < 1.29 is 4.79 Å². The van der Waals surface area contributed by atoms with E-state index in [0.717, 1.165) is 38.2 Å². The molecule has 0 spiro atoms. The van der Waals surface area contributed by atoms with E-state index in [2.05, 4.69) is 47.5 Å². The number of halogens is 1. The van der Waals surface area contributed by atoms with Crippen LogP contribution in [0.1, 0.15) is 40.0 Å². The lowest BCUT2D eigenvalue weighted by Gasteiger charge is -2.36. The van der Waals surface area contributed by atoms with Gasteiger partial charge in [-0.3, -0.25) is 9.69 Å². The molecule has 5 heteroatoms. The van der Waals surface area contributed by atoms with Crippen LogP contribution in [0.2, 0.25) is 0 Å². The first-order valence-corrected chi connectivity index (χ1v) is 8.59. The van der Waals surface area contributed by atoms with E-state index in [0.29, 0.717) is 11.6 Å². The molecule has 0 aromatic heterocycles. The van der Waals surface area contributed by atoms with Crippen LogP contribution in [0, 0.1) is 0 Å². The molecule has 1 aliphatic heterocycles. The molecular formula is C20H26ClN3O. The Morgan fingerprint density at radius 2 is 1.96 bits per heavy atom. The van der Waals surface area contributed by atoms with Gasteiger partial charge in [-0.15, -0.1) is 12.4 Å². The van der Waals surface area contributed by atoms with Gasteiger partial charge in [0.15, 0.2) is 0 Å². The molecule has 0 saturated carbocycles. The Labute approximate surface area is 155 Å². The fourth-order valence-electron chi connectivity index (χ4n) is 3.30. The molecule has 1 saturated heterocycles. The lowest BCUT2D eigenvalue weighted by molar-refractivity contribution is 0.1000. The summed E-state index contributed by atoms with van der Waals surface area (Å²) in [7, 11) is 0. The van der Waals surface area contributed by atoms with Gasteiger partial charge in [0.1, 0.15) is 0 Å². The fourth-order valence-corrected chi connectivity index (χ4v) is 3.30. The van der Waals surface area contributed by atoms with Gasteiger partial charge in [0.05, 0.1) is 0 Å². The summed E-state index contributed by atoms with van der Waals surface area (Å²) in [5.74, 6) is -0.371. The summed E-state index contributed by atoms with van der Waals surface area (Å²) in [6.07, 6.45) is 1.06. The molecule has 3 N–H and O–H groups in total. The van der Waals surface area contributed by atoms with Gasteiger partial charge in [-0.05, 0) is 35.2 Å². The lowest BCUT2D eigenvalue weighted by atomic mass is 10.00. The van der Waals surface area contributed by atoms with Crippen LogP contribution in [0.25, 0.3) is 0 Å². The van der Waals surface area contributed by atoms with Gasteiger partial charge in [0.25, 0.3) is 0 Å². The maximum Gasteiger partial charge on any atom is 0.248 e. The zero-order valence-corrected chi connectivity index (χ0v) is 15.4. The molecule has 1 fully saturated rings. The fraction of sp³-hybridized carbons (Fsp3) is 0.350. The van der Waals surface area contributed by atoms with E-state index in [1.165, 1.54) is 11.1 Å². The molecule has 4 nitrogen and oxygen atoms in total. The highest BCUT2D eigenvalue weighted by Crippen LogP contribution is 2.25. The number of benzene rings is 2. The SMILES string of the molecule is CCc1ccc(C2CNCCN2Cc2cccc(C(N)=O)c2)cc1.Cl. The smallest absolute Gasteiger partial charge is 0.248 e. The Hall–Kier alpha value is -1.88. The minimum Gasteiger partial charge on any atom is -0.366 e. The highest BCUT2D eigenvalue weighted by atomic mass is 35.5. The normalized spacial score (nSPS) is 17.7. The first kappa shape index (κ1) is 19.4. The molecule has 2 aromatic carbocycles. The second kappa shape index (κ2) is 8.99. The lowest BCUT2D eigenvalue weighted by Crippen LogP contribution is -2.45. The zero-order chi connectivity index (χ0) is 16.9. The predicted molar refractivity (Wildman–Crippen MR) is 104 cm³/mol. The van der Waals surface area contributed by atoms with Crippen molar-refractivity contribution in [2.24, 2.45) is 5.73 Å². The number of nitrogens with two attached hydrogens (primary N) is 1. The van der Waals surface area contributed by atoms with Crippen LogP contribution < -0.4 is 11.1 Å². The first-order chi connectivity index (χ1) is 11.7. The van der Waals surface area contributed by atoms with Gasteiger partial charge >= 0.3 is 0 Å². The van der Waals surface area contributed by atoms with Crippen LogP contribution in [0.3, 0.4) is 0 Å². The molecule has 2 aromatic rings. The van der Waals surface area contributed by atoms with Crippen molar-refractivity contribution in [3.63, 3.8) is 0 Å². The van der Waals surface area contributed by atoms with Crippen LogP contribution >= 0.6 is 12.4 Å². The minimum absolute atomic E-state index is 0. The van der Waals surface area contributed by atoms with Crippen LogP contribution in [-0.4, -0.2) is 30.4 Å². The average molecular weight is 360 g/mol. The third-order valence-electron chi connectivity index (χ3n) is 4.72. The Morgan fingerprint density at radius 3 is 2.64 bits per heavy atom. The third-order valence-corrected chi connectivity index (χ3v) is 4.72. The summed E-state index contributed by atoms with van der Waals surface area (Å²) in [4.78, 5) is 13.9. The maximum absolute atomic E-state index is 11.4. The van der Waals surface area contributed by atoms with Crippen molar-refractivity contribution in [1.82, 2.24) is 10.2 Å². The molecule has 134 valence electrons. The molecule has 3 rings (SSSR count). The molecule has 0 aliphatic carbocycles. The number of primary amides is 1. The highest BCUT2D eigenvalue weighted by Gasteiger charge is 2.23. The molecule has 1 amide bonds. The second-order valence-corrected chi connectivity index (χ2v) is 6.35. The number of hydrogen-bond acceptors (Lipinski definition) is 3. The van der Waals surface area contributed by atoms with Gasteiger partial charge in [-0.1, -0.05) is 43.3 Å². The quantitative estimate of drug-likeness (QED) is 0.863.